The minimum absolute atomic E-state index is 0.280. The molecule has 0 aliphatic heterocycles. The van der Waals surface area contributed by atoms with Crippen LogP contribution < -0.4 is 10.1 Å². The van der Waals surface area contributed by atoms with E-state index in [4.69, 9.17) is 16.3 Å². The number of aromatic nitrogens is 1. The first-order valence-electron chi connectivity index (χ1n) is 7.10. The average Bonchev–Trinajstić information content (AvgIpc) is 2.54. The number of fused-ring (bicyclic) bond motifs is 1. The smallest absolute Gasteiger partial charge is 0.259 e. The number of nitrogens with zero attached hydrogens (tertiary/aromatic N) is 1. The van der Waals surface area contributed by atoms with E-state index in [2.05, 4.69) is 10.3 Å². The van der Waals surface area contributed by atoms with E-state index in [1.807, 2.05) is 37.3 Å². The number of anilines is 1. The van der Waals surface area contributed by atoms with Crippen molar-refractivity contribution in [1.29, 1.82) is 0 Å². The van der Waals surface area contributed by atoms with Gasteiger partial charge in [0.15, 0.2) is 0 Å². The van der Waals surface area contributed by atoms with Crippen molar-refractivity contribution < 1.29 is 9.53 Å². The van der Waals surface area contributed by atoms with E-state index in [0.717, 1.165) is 16.6 Å². The minimum atomic E-state index is -0.280. The third-order valence-corrected chi connectivity index (χ3v) is 3.76. The van der Waals surface area contributed by atoms with Gasteiger partial charge < -0.3 is 10.1 Å². The van der Waals surface area contributed by atoms with Crippen LogP contribution in [0.15, 0.2) is 48.5 Å². The summed E-state index contributed by atoms with van der Waals surface area (Å²) in [6.45, 7) is 1.93. The third-order valence-electron chi connectivity index (χ3n) is 3.53. The van der Waals surface area contributed by atoms with Gasteiger partial charge in [0.1, 0.15) is 5.75 Å². The molecule has 1 N–H and O–H groups in total. The zero-order chi connectivity index (χ0) is 16.4. The molecule has 3 rings (SSSR count). The van der Waals surface area contributed by atoms with E-state index in [0.29, 0.717) is 22.0 Å². The quantitative estimate of drug-likeness (QED) is 0.773. The van der Waals surface area contributed by atoms with Crippen molar-refractivity contribution in [2.24, 2.45) is 0 Å². The lowest BCUT2D eigenvalue weighted by Gasteiger charge is -2.11. The molecule has 0 atom stereocenters. The zero-order valence-corrected chi connectivity index (χ0v) is 13.5. The maximum atomic E-state index is 12.6. The molecule has 0 aliphatic rings. The third kappa shape index (κ3) is 3.12. The Hall–Kier alpha value is -2.59. The van der Waals surface area contributed by atoms with Crippen LogP contribution in [0.4, 0.5) is 5.69 Å². The lowest BCUT2D eigenvalue weighted by atomic mass is 10.1. The first-order valence-corrected chi connectivity index (χ1v) is 7.47. The fraction of sp³-hybridized carbons (Fsp3) is 0.111. The standard InChI is InChI=1S/C18H15ClN2O2/c1-11-6-8-13-15(20-11)4-3-5-16(13)21-18(22)14-10-12(19)7-9-17(14)23-2/h3-10H,1-2H3,(H,21,22). The van der Waals surface area contributed by atoms with Crippen molar-refractivity contribution in [2.75, 3.05) is 12.4 Å². The van der Waals surface area contributed by atoms with Gasteiger partial charge in [-0.15, -0.1) is 0 Å². The Labute approximate surface area is 139 Å². The van der Waals surface area contributed by atoms with Gasteiger partial charge in [-0.1, -0.05) is 17.7 Å². The number of ether oxygens (including phenoxy) is 1. The van der Waals surface area contributed by atoms with E-state index in [9.17, 15) is 4.79 Å². The highest BCUT2D eigenvalue weighted by molar-refractivity contribution is 6.31. The van der Waals surface area contributed by atoms with Crippen LogP contribution >= 0.6 is 11.6 Å². The van der Waals surface area contributed by atoms with Crippen LogP contribution in [0.2, 0.25) is 5.02 Å². The summed E-state index contributed by atoms with van der Waals surface area (Å²) in [6.07, 6.45) is 0. The maximum absolute atomic E-state index is 12.6. The van der Waals surface area contributed by atoms with E-state index in [1.54, 1.807) is 18.2 Å². The molecule has 0 unspecified atom stereocenters. The Balaban J connectivity index is 1.99. The van der Waals surface area contributed by atoms with E-state index in [1.165, 1.54) is 7.11 Å². The predicted octanol–water partition coefficient (Wildman–Crippen LogP) is 4.46. The number of hydrogen-bond acceptors (Lipinski definition) is 3. The summed E-state index contributed by atoms with van der Waals surface area (Å²) in [5, 5.41) is 4.26. The van der Waals surface area contributed by atoms with Gasteiger partial charge in [-0.25, -0.2) is 0 Å². The van der Waals surface area contributed by atoms with E-state index in [-0.39, 0.29) is 5.91 Å². The number of carbonyl (C=O) groups excluding carboxylic acids is 1. The molecule has 0 radical (unpaired) electrons. The lowest BCUT2D eigenvalue weighted by molar-refractivity contribution is 0.102. The van der Waals surface area contributed by atoms with Crippen LogP contribution in [-0.2, 0) is 0 Å². The molecular weight excluding hydrogens is 312 g/mol. The molecule has 1 amide bonds. The molecule has 1 aromatic heterocycles. The maximum Gasteiger partial charge on any atom is 0.259 e. The van der Waals surface area contributed by atoms with Crippen LogP contribution in [0.5, 0.6) is 5.75 Å². The lowest BCUT2D eigenvalue weighted by Crippen LogP contribution is -2.13. The number of halogens is 1. The molecule has 0 fully saturated rings. The zero-order valence-electron chi connectivity index (χ0n) is 12.8. The summed E-state index contributed by atoms with van der Waals surface area (Å²) >= 11 is 5.99. The van der Waals surface area contributed by atoms with Gasteiger partial charge >= 0.3 is 0 Å². The molecule has 5 heteroatoms. The number of nitrogens with one attached hydrogen (secondary N) is 1. The summed E-state index contributed by atoms with van der Waals surface area (Å²) in [5.74, 6) is 0.193. The van der Waals surface area contributed by atoms with Crippen molar-refractivity contribution in [3.63, 3.8) is 0 Å². The first-order chi connectivity index (χ1) is 11.1. The van der Waals surface area contributed by atoms with Crippen molar-refractivity contribution in [3.05, 3.63) is 64.8 Å². The SMILES string of the molecule is COc1ccc(Cl)cc1C(=O)Nc1cccc2nc(C)ccc12. The molecule has 3 aromatic rings. The second-order valence-corrected chi connectivity index (χ2v) is 5.56. The second-order valence-electron chi connectivity index (χ2n) is 5.12. The Bertz CT molecular complexity index is 893. The van der Waals surface area contributed by atoms with Gasteiger partial charge in [-0.2, -0.15) is 0 Å². The second kappa shape index (κ2) is 6.26. The van der Waals surface area contributed by atoms with Gasteiger partial charge in [0.25, 0.3) is 5.91 Å². The molecule has 4 nitrogen and oxygen atoms in total. The summed E-state index contributed by atoms with van der Waals surface area (Å²) in [5.41, 5.74) is 2.84. The van der Waals surface area contributed by atoms with Gasteiger partial charge in [0, 0.05) is 16.1 Å². The molecule has 116 valence electrons. The van der Waals surface area contributed by atoms with Crippen molar-refractivity contribution >= 4 is 34.1 Å². The van der Waals surface area contributed by atoms with Crippen LogP contribution in [0.25, 0.3) is 10.9 Å². The van der Waals surface area contributed by atoms with Crippen molar-refractivity contribution in [2.45, 2.75) is 6.92 Å². The number of amides is 1. The van der Waals surface area contributed by atoms with E-state index >= 15 is 0 Å². The Morgan fingerprint density at radius 2 is 2.00 bits per heavy atom. The number of hydrogen-bond donors (Lipinski definition) is 1. The normalized spacial score (nSPS) is 10.6. The van der Waals surface area contributed by atoms with E-state index < -0.39 is 0 Å². The summed E-state index contributed by atoms with van der Waals surface area (Å²) in [7, 11) is 1.52. The molecule has 23 heavy (non-hydrogen) atoms. The fourth-order valence-corrected chi connectivity index (χ4v) is 2.59. The number of rotatable bonds is 3. The summed E-state index contributed by atoms with van der Waals surface area (Å²) < 4.78 is 5.23. The highest BCUT2D eigenvalue weighted by Gasteiger charge is 2.14. The summed E-state index contributed by atoms with van der Waals surface area (Å²) in [6, 6.07) is 14.4. The number of aryl methyl sites for hydroxylation is 1. The topological polar surface area (TPSA) is 51.2 Å². The highest BCUT2D eigenvalue weighted by Crippen LogP contribution is 2.26. The molecule has 0 aliphatic carbocycles. The fourth-order valence-electron chi connectivity index (χ4n) is 2.41. The number of benzene rings is 2. The Morgan fingerprint density at radius 3 is 2.78 bits per heavy atom. The monoisotopic (exact) mass is 326 g/mol. The molecular formula is C18H15ClN2O2. The van der Waals surface area contributed by atoms with Gasteiger partial charge in [0.05, 0.1) is 23.9 Å². The van der Waals surface area contributed by atoms with Gasteiger partial charge in [-0.3, -0.25) is 9.78 Å². The Morgan fingerprint density at radius 1 is 1.17 bits per heavy atom. The number of methoxy groups -OCH3 is 1. The summed E-state index contributed by atoms with van der Waals surface area (Å²) in [4.78, 5) is 17.1. The number of carbonyl (C=O) groups is 1. The molecule has 1 heterocycles. The molecule has 0 bridgehead atoms. The highest BCUT2D eigenvalue weighted by atomic mass is 35.5. The molecule has 0 spiro atoms. The molecule has 2 aromatic carbocycles. The largest absolute Gasteiger partial charge is 0.496 e. The van der Waals surface area contributed by atoms with Crippen LogP contribution in [0.1, 0.15) is 16.1 Å². The Kier molecular flexibility index (Phi) is 4.17. The van der Waals surface area contributed by atoms with Crippen LogP contribution in [0, 0.1) is 6.92 Å². The van der Waals surface area contributed by atoms with Crippen LogP contribution in [0.3, 0.4) is 0 Å². The molecule has 0 saturated heterocycles. The van der Waals surface area contributed by atoms with Crippen LogP contribution in [-0.4, -0.2) is 18.0 Å². The number of pyridine rings is 1. The van der Waals surface area contributed by atoms with Gasteiger partial charge in [-0.05, 0) is 49.4 Å². The minimum Gasteiger partial charge on any atom is -0.496 e. The van der Waals surface area contributed by atoms with Crippen molar-refractivity contribution in [1.82, 2.24) is 4.98 Å². The van der Waals surface area contributed by atoms with Gasteiger partial charge in [0.2, 0.25) is 0 Å². The van der Waals surface area contributed by atoms with Crippen molar-refractivity contribution in [3.8, 4) is 5.75 Å². The molecule has 0 saturated carbocycles. The average molecular weight is 327 g/mol. The first kappa shape index (κ1) is 15.3. The predicted molar refractivity (Wildman–Crippen MR) is 92.4 cm³/mol.